The van der Waals surface area contributed by atoms with Crippen molar-refractivity contribution in [2.75, 3.05) is 5.32 Å². The van der Waals surface area contributed by atoms with Crippen LogP contribution in [0.15, 0.2) is 101 Å². The van der Waals surface area contributed by atoms with Gasteiger partial charge in [-0.15, -0.1) is 11.8 Å². The number of thioether (sulfide) groups is 1. The van der Waals surface area contributed by atoms with E-state index in [0.717, 1.165) is 22.0 Å². The lowest BCUT2D eigenvalue weighted by molar-refractivity contribution is 0.102. The maximum absolute atomic E-state index is 13.0. The summed E-state index contributed by atoms with van der Waals surface area (Å²) in [6, 6.07) is 20.6. The van der Waals surface area contributed by atoms with Gasteiger partial charge in [0.15, 0.2) is 5.65 Å². The number of hydrogen-bond donors (Lipinski definition) is 2. The van der Waals surface area contributed by atoms with Crippen LogP contribution in [-0.2, 0) is 5.75 Å². The molecule has 4 aromatic heterocycles. The third kappa shape index (κ3) is 4.14. The molecule has 6 aromatic rings. The van der Waals surface area contributed by atoms with E-state index in [9.17, 15) is 9.59 Å². The van der Waals surface area contributed by atoms with Crippen molar-refractivity contribution in [2.45, 2.75) is 10.6 Å². The van der Waals surface area contributed by atoms with Crippen LogP contribution < -0.4 is 10.9 Å². The van der Waals surface area contributed by atoms with Gasteiger partial charge in [0.1, 0.15) is 11.0 Å². The maximum Gasteiger partial charge on any atom is 0.261 e. The summed E-state index contributed by atoms with van der Waals surface area (Å²) >= 11 is 1.66. The van der Waals surface area contributed by atoms with E-state index in [0.29, 0.717) is 28.0 Å². The molecule has 10 heteroatoms. The molecule has 9 nitrogen and oxygen atoms in total. The largest absolute Gasteiger partial charge is 0.320 e. The number of amides is 1. The third-order valence-corrected chi connectivity index (χ3v) is 6.71. The van der Waals surface area contributed by atoms with Gasteiger partial charge in [0, 0.05) is 28.6 Å². The average Bonchev–Trinajstić information content (AvgIpc) is 3.53. The normalized spacial score (nSPS) is 11.2. The minimum absolute atomic E-state index is 0.249. The maximum atomic E-state index is 13.0. The summed E-state index contributed by atoms with van der Waals surface area (Å²) in [4.78, 5) is 37.5. The van der Waals surface area contributed by atoms with Crippen LogP contribution in [-0.4, -0.2) is 35.0 Å². The van der Waals surface area contributed by atoms with E-state index >= 15 is 0 Å². The number of aromatic amines is 1. The van der Waals surface area contributed by atoms with Crippen LogP contribution in [0, 0.1) is 0 Å². The molecule has 0 aliphatic carbocycles. The Bertz CT molecular complexity index is 1740. The van der Waals surface area contributed by atoms with Crippen molar-refractivity contribution >= 4 is 40.0 Å². The van der Waals surface area contributed by atoms with Crippen molar-refractivity contribution in [2.24, 2.45) is 0 Å². The second kappa shape index (κ2) is 9.16. The van der Waals surface area contributed by atoms with Gasteiger partial charge in [-0.05, 0) is 48.5 Å². The van der Waals surface area contributed by atoms with Gasteiger partial charge in [-0.1, -0.05) is 18.2 Å². The number of pyridine rings is 1. The summed E-state index contributed by atoms with van der Waals surface area (Å²) in [6.45, 7) is 0. The molecule has 6 rings (SSSR count). The summed E-state index contributed by atoms with van der Waals surface area (Å²) in [7, 11) is 0. The van der Waals surface area contributed by atoms with E-state index in [4.69, 9.17) is 0 Å². The number of imidazole rings is 1. The van der Waals surface area contributed by atoms with Gasteiger partial charge < -0.3 is 14.7 Å². The van der Waals surface area contributed by atoms with Crippen molar-refractivity contribution in [1.29, 1.82) is 0 Å². The van der Waals surface area contributed by atoms with Crippen LogP contribution in [0.4, 0.5) is 5.69 Å². The number of rotatable bonds is 6. The van der Waals surface area contributed by atoms with Crippen LogP contribution in [0.1, 0.15) is 16.1 Å². The Morgan fingerprint density at radius 3 is 2.72 bits per heavy atom. The molecule has 2 N–H and O–H groups in total. The lowest BCUT2D eigenvalue weighted by atomic mass is 10.2. The molecule has 0 unspecified atom stereocenters. The third-order valence-electron chi connectivity index (χ3n) is 5.67. The smallest absolute Gasteiger partial charge is 0.261 e. The molecule has 0 aliphatic heterocycles. The van der Waals surface area contributed by atoms with Crippen molar-refractivity contribution < 1.29 is 4.79 Å². The number of hydrogen-bond acceptors (Lipinski definition) is 6. The zero-order valence-corrected chi connectivity index (χ0v) is 19.6. The quantitative estimate of drug-likeness (QED) is 0.335. The van der Waals surface area contributed by atoms with Gasteiger partial charge in [0.2, 0.25) is 0 Å². The molecule has 0 spiro atoms. The molecule has 0 saturated heterocycles. The van der Waals surface area contributed by atoms with Crippen molar-refractivity contribution in [3.05, 3.63) is 113 Å². The van der Waals surface area contributed by atoms with Crippen LogP contribution in [0.3, 0.4) is 0 Å². The van der Waals surface area contributed by atoms with Crippen molar-refractivity contribution in [1.82, 2.24) is 29.1 Å². The molecular weight excluding hydrogens is 474 g/mol. The molecule has 0 aliphatic rings. The standard InChI is InChI=1S/C26H19N7O2S/c34-25(17-8-10-19(11-9-17)36-15-18-14-32-12-4-3-7-23(32)30-18)31-21-5-1-2-6-22(21)33-24-20(13-29-33)26(35)28-16-27-24/h1-14,16H,15H2,(H,31,34)(H,27,28,35). The second-order valence-electron chi connectivity index (χ2n) is 8.01. The number of nitrogens with one attached hydrogen (secondary N) is 2. The number of carbonyl (C=O) groups is 1. The summed E-state index contributed by atoms with van der Waals surface area (Å²) in [5, 5.41) is 7.64. The minimum Gasteiger partial charge on any atom is -0.320 e. The van der Waals surface area contributed by atoms with Crippen LogP contribution in [0.2, 0.25) is 0 Å². The monoisotopic (exact) mass is 493 g/mol. The predicted molar refractivity (Wildman–Crippen MR) is 139 cm³/mol. The molecule has 0 atom stereocenters. The molecule has 4 heterocycles. The number of fused-ring (bicyclic) bond motifs is 2. The van der Waals surface area contributed by atoms with Gasteiger partial charge in [-0.3, -0.25) is 9.59 Å². The molecule has 2 aromatic carbocycles. The van der Waals surface area contributed by atoms with Gasteiger partial charge in [-0.25, -0.2) is 14.6 Å². The second-order valence-corrected chi connectivity index (χ2v) is 9.06. The number of nitrogens with zero attached hydrogens (tertiary/aromatic N) is 5. The Morgan fingerprint density at radius 2 is 1.86 bits per heavy atom. The molecular formula is C26H19N7O2S. The number of para-hydroxylation sites is 2. The Morgan fingerprint density at radius 1 is 1.03 bits per heavy atom. The zero-order valence-electron chi connectivity index (χ0n) is 18.8. The Hall–Kier alpha value is -4.70. The highest BCUT2D eigenvalue weighted by Crippen LogP contribution is 2.25. The molecule has 0 bridgehead atoms. The van der Waals surface area contributed by atoms with Crippen molar-refractivity contribution in [3.8, 4) is 5.69 Å². The summed E-state index contributed by atoms with van der Waals surface area (Å²) in [5.41, 5.74) is 3.75. The van der Waals surface area contributed by atoms with E-state index < -0.39 is 0 Å². The summed E-state index contributed by atoms with van der Waals surface area (Å²) in [6.07, 6.45) is 6.80. The Kier molecular flexibility index (Phi) is 5.55. The first-order valence-electron chi connectivity index (χ1n) is 11.1. The van der Waals surface area contributed by atoms with Gasteiger partial charge >= 0.3 is 0 Å². The predicted octanol–water partition coefficient (Wildman–Crippen LogP) is 4.30. The average molecular weight is 494 g/mol. The first kappa shape index (κ1) is 21.8. The molecule has 1 amide bonds. The van der Waals surface area contributed by atoms with Crippen LogP contribution in [0.5, 0.6) is 0 Å². The lowest BCUT2D eigenvalue weighted by Gasteiger charge is -2.12. The van der Waals surface area contributed by atoms with E-state index in [2.05, 4.69) is 25.4 Å². The molecule has 0 fully saturated rings. The fourth-order valence-corrected chi connectivity index (χ4v) is 4.69. The Labute approximate surface area is 208 Å². The first-order valence-corrected chi connectivity index (χ1v) is 12.1. The first-order chi connectivity index (χ1) is 17.7. The molecule has 0 radical (unpaired) electrons. The van der Waals surface area contributed by atoms with Crippen LogP contribution >= 0.6 is 11.8 Å². The summed E-state index contributed by atoms with van der Waals surface area (Å²) < 4.78 is 3.54. The van der Waals surface area contributed by atoms with E-state index in [-0.39, 0.29) is 11.5 Å². The van der Waals surface area contributed by atoms with E-state index in [1.807, 2.05) is 65.3 Å². The number of aromatic nitrogens is 6. The van der Waals surface area contributed by atoms with Gasteiger partial charge in [0.25, 0.3) is 11.5 Å². The zero-order chi connectivity index (χ0) is 24.5. The fraction of sp³-hybridized carbons (Fsp3) is 0.0385. The SMILES string of the molecule is O=C(Nc1ccccc1-n1ncc2c(=O)[nH]cnc21)c1ccc(SCc2cn3ccccc3n2)cc1. The van der Waals surface area contributed by atoms with E-state index in [1.54, 1.807) is 34.6 Å². The number of benzene rings is 2. The van der Waals surface area contributed by atoms with Crippen LogP contribution in [0.25, 0.3) is 22.4 Å². The Balaban J connectivity index is 1.18. The number of H-pyrrole nitrogens is 1. The topological polar surface area (TPSA) is 110 Å². The number of anilines is 1. The fourth-order valence-electron chi connectivity index (χ4n) is 3.91. The lowest BCUT2D eigenvalue weighted by Crippen LogP contribution is -2.14. The highest BCUT2D eigenvalue weighted by Gasteiger charge is 2.14. The number of carbonyl (C=O) groups excluding carboxylic acids is 1. The minimum atomic E-state index is -0.271. The molecule has 0 saturated carbocycles. The van der Waals surface area contributed by atoms with Gasteiger partial charge in [-0.2, -0.15) is 5.10 Å². The van der Waals surface area contributed by atoms with Gasteiger partial charge in [0.05, 0.1) is 29.6 Å². The summed E-state index contributed by atoms with van der Waals surface area (Å²) in [5.74, 6) is 0.483. The molecule has 36 heavy (non-hydrogen) atoms. The van der Waals surface area contributed by atoms with Crippen molar-refractivity contribution in [3.63, 3.8) is 0 Å². The molecule has 176 valence electrons. The van der Waals surface area contributed by atoms with E-state index in [1.165, 1.54) is 12.5 Å². The highest BCUT2D eigenvalue weighted by atomic mass is 32.2. The highest BCUT2D eigenvalue weighted by molar-refractivity contribution is 7.98.